The molecule has 1 aliphatic heterocycles. The summed E-state index contributed by atoms with van der Waals surface area (Å²) < 4.78 is 5.08. The lowest BCUT2D eigenvalue weighted by Gasteiger charge is -2.36. The average Bonchev–Trinajstić information content (AvgIpc) is 3.13. The number of thiazole rings is 1. The average molecular weight is 437 g/mol. The van der Waals surface area contributed by atoms with Gasteiger partial charge in [-0.15, -0.1) is 11.3 Å². The minimum Gasteiger partial charge on any atom is -0.449 e. The molecule has 1 saturated heterocycles. The number of piperazine rings is 1. The Balaban J connectivity index is 1.47. The van der Waals surface area contributed by atoms with Crippen LogP contribution in [0, 0.1) is 5.92 Å². The van der Waals surface area contributed by atoms with Gasteiger partial charge >= 0.3 is 6.09 Å². The molecule has 0 aliphatic carbocycles. The summed E-state index contributed by atoms with van der Waals surface area (Å²) in [6, 6.07) is 7.74. The summed E-state index contributed by atoms with van der Waals surface area (Å²) in [6.45, 7) is 7.04. The molecule has 29 heavy (non-hydrogen) atoms. The molecule has 0 bridgehead atoms. The number of carbonyl (C=O) groups excluding carboxylic acids is 2. The van der Waals surface area contributed by atoms with Gasteiger partial charge in [-0.3, -0.25) is 10.1 Å². The van der Waals surface area contributed by atoms with E-state index in [1.54, 1.807) is 5.38 Å². The van der Waals surface area contributed by atoms with Crippen molar-refractivity contribution in [1.82, 2.24) is 9.88 Å². The van der Waals surface area contributed by atoms with Gasteiger partial charge in [0.1, 0.15) is 0 Å². The van der Waals surface area contributed by atoms with E-state index in [9.17, 15) is 9.59 Å². The molecular formula is C20H25ClN4O3S. The third kappa shape index (κ3) is 6.08. The Morgan fingerprint density at radius 2 is 1.97 bits per heavy atom. The summed E-state index contributed by atoms with van der Waals surface area (Å²) in [6.07, 6.45) is -0.313. The van der Waals surface area contributed by atoms with Crippen LogP contribution in [0.15, 0.2) is 29.6 Å². The topological polar surface area (TPSA) is 74.8 Å². The van der Waals surface area contributed by atoms with Crippen LogP contribution < -0.4 is 10.2 Å². The molecule has 1 aromatic heterocycles. The molecule has 0 unspecified atom stereocenters. The molecule has 0 saturated carbocycles. The maximum atomic E-state index is 12.6. The van der Waals surface area contributed by atoms with E-state index in [1.165, 1.54) is 11.3 Å². The Hall–Kier alpha value is -2.32. The summed E-state index contributed by atoms with van der Waals surface area (Å²) >= 11 is 7.55. The molecular weight excluding hydrogens is 412 g/mol. The molecule has 7 nitrogen and oxygen atoms in total. The zero-order chi connectivity index (χ0) is 20.8. The number of anilines is 2. The third-order valence-corrected chi connectivity index (χ3v) is 5.59. The Morgan fingerprint density at radius 1 is 1.24 bits per heavy atom. The molecule has 1 aromatic carbocycles. The normalized spacial score (nSPS) is 14.2. The van der Waals surface area contributed by atoms with Gasteiger partial charge in [-0.1, -0.05) is 37.6 Å². The second-order valence-corrected chi connectivity index (χ2v) is 8.52. The maximum Gasteiger partial charge on any atom is 0.413 e. The van der Waals surface area contributed by atoms with Crippen molar-refractivity contribution in [2.45, 2.75) is 20.3 Å². The quantitative estimate of drug-likeness (QED) is 0.743. The predicted molar refractivity (Wildman–Crippen MR) is 116 cm³/mol. The molecule has 1 N–H and O–H groups in total. The fourth-order valence-corrected chi connectivity index (χ4v) is 3.93. The molecule has 0 spiro atoms. The molecule has 3 rings (SSSR count). The molecule has 0 radical (unpaired) electrons. The molecule has 0 atom stereocenters. The number of benzene rings is 1. The number of rotatable bonds is 6. The van der Waals surface area contributed by atoms with Gasteiger partial charge in [0, 0.05) is 31.6 Å². The Bertz CT molecular complexity index is 850. The van der Waals surface area contributed by atoms with Gasteiger partial charge in [-0.25, -0.2) is 9.78 Å². The zero-order valence-corrected chi connectivity index (χ0v) is 18.1. The van der Waals surface area contributed by atoms with E-state index >= 15 is 0 Å². The number of ether oxygens (including phenoxy) is 1. The second-order valence-electron chi connectivity index (χ2n) is 7.26. The molecule has 2 heterocycles. The van der Waals surface area contributed by atoms with Gasteiger partial charge in [0.05, 0.1) is 29.4 Å². The predicted octanol–water partition coefficient (Wildman–Crippen LogP) is 3.89. The second kappa shape index (κ2) is 9.93. The number of amides is 2. The van der Waals surface area contributed by atoms with Crippen molar-refractivity contribution < 1.29 is 14.3 Å². The monoisotopic (exact) mass is 436 g/mol. The minimum absolute atomic E-state index is 0.0306. The van der Waals surface area contributed by atoms with Crippen LogP contribution in [0.5, 0.6) is 0 Å². The van der Waals surface area contributed by atoms with Crippen molar-refractivity contribution in [3.05, 3.63) is 40.4 Å². The summed E-state index contributed by atoms with van der Waals surface area (Å²) in [5.74, 6) is 0.298. The number of hydrogen-bond acceptors (Lipinski definition) is 6. The lowest BCUT2D eigenvalue weighted by atomic mass is 10.2. The van der Waals surface area contributed by atoms with E-state index in [-0.39, 0.29) is 18.2 Å². The van der Waals surface area contributed by atoms with Gasteiger partial charge in [-0.2, -0.15) is 0 Å². The lowest BCUT2D eigenvalue weighted by Crippen LogP contribution is -2.49. The van der Waals surface area contributed by atoms with Gasteiger partial charge in [0.15, 0.2) is 5.13 Å². The molecule has 2 aromatic rings. The third-order valence-electron chi connectivity index (χ3n) is 4.47. The minimum atomic E-state index is -0.526. The van der Waals surface area contributed by atoms with Crippen LogP contribution >= 0.6 is 22.9 Å². The number of nitrogens with zero attached hydrogens (tertiary/aromatic N) is 3. The first kappa shape index (κ1) is 21.4. The first-order valence-corrected chi connectivity index (χ1v) is 10.8. The van der Waals surface area contributed by atoms with Crippen LogP contribution in [-0.2, 0) is 16.0 Å². The smallest absolute Gasteiger partial charge is 0.413 e. The highest BCUT2D eigenvalue weighted by atomic mass is 35.5. The van der Waals surface area contributed by atoms with Crippen molar-refractivity contribution in [3.8, 4) is 0 Å². The SMILES string of the molecule is CC(C)COC(=O)Nc1nc(CC(=O)N2CCN(c3ccccc3Cl)CC2)cs1. The molecule has 2 amide bonds. The van der Waals surface area contributed by atoms with Gasteiger partial charge in [-0.05, 0) is 18.1 Å². The molecule has 1 fully saturated rings. The van der Waals surface area contributed by atoms with Gasteiger partial charge < -0.3 is 14.5 Å². The molecule has 1 aliphatic rings. The van der Waals surface area contributed by atoms with Crippen molar-refractivity contribution in [3.63, 3.8) is 0 Å². The first-order chi connectivity index (χ1) is 13.9. The standard InChI is InChI=1S/C20H25ClN4O3S/c1-14(2)12-28-20(27)23-19-22-15(13-29-19)11-18(26)25-9-7-24(8-10-25)17-6-4-3-5-16(17)21/h3-6,13-14H,7-12H2,1-2H3,(H,22,23,27). The molecule has 9 heteroatoms. The number of para-hydroxylation sites is 1. The van der Waals surface area contributed by atoms with Gasteiger partial charge in [0.2, 0.25) is 5.91 Å². The Kier molecular flexibility index (Phi) is 7.33. The summed E-state index contributed by atoms with van der Waals surface area (Å²) in [7, 11) is 0. The highest BCUT2D eigenvalue weighted by Gasteiger charge is 2.23. The van der Waals surface area contributed by atoms with Crippen LogP contribution in [-0.4, -0.2) is 54.7 Å². The van der Waals surface area contributed by atoms with Crippen molar-refractivity contribution in [2.24, 2.45) is 5.92 Å². The number of hydrogen-bond donors (Lipinski definition) is 1. The van der Waals surface area contributed by atoms with Crippen molar-refractivity contribution in [2.75, 3.05) is 43.0 Å². The number of nitrogens with one attached hydrogen (secondary N) is 1. The van der Waals surface area contributed by atoms with E-state index in [1.807, 2.05) is 43.0 Å². The van der Waals surface area contributed by atoms with Crippen LogP contribution in [0.2, 0.25) is 5.02 Å². The van der Waals surface area contributed by atoms with E-state index in [0.717, 1.165) is 23.8 Å². The first-order valence-electron chi connectivity index (χ1n) is 9.58. The van der Waals surface area contributed by atoms with Crippen molar-refractivity contribution in [1.29, 1.82) is 0 Å². The lowest BCUT2D eigenvalue weighted by molar-refractivity contribution is -0.130. The van der Waals surface area contributed by atoms with E-state index in [0.29, 0.717) is 30.5 Å². The number of aromatic nitrogens is 1. The van der Waals surface area contributed by atoms with Crippen LogP contribution in [0.3, 0.4) is 0 Å². The fraction of sp³-hybridized carbons (Fsp3) is 0.450. The van der Waals surface area contributed by atoms with E-state index < -0.39 is 6.09 Å². The van der Waals surface area contributed by atoms with E-state index in [4.69, 9.17) is 16.3 Å². The van der Waals surface area contributed by atoms with Crippen LogP contribution in [0.25, 0.3) is 0 Å². The Labute approximate surface area is 179 Å². The highest BCUT2D eigenvalue weighted by Crippen LogP contribution is 2.26. The molecule has 156 valence electrons. The largest absolute Gasteiger partial charge is 0.449 e. The Morgan fingerprint density at radius 3 is 2.66 bits per heavy atom. The summed E-state index contributed by atoms with van der Waals surface area (Å²) in [4.78, 5) is 32.7. The summed E-state index contributed by atoms with van der Waals surface area (Å²) in [5, 5.41) is 5.55. The van der Waals surface area contributed by atoms with E-state index in [2.05, 4.69) is 15.2 Å². The number of halogens is 1. The zero-order valence-electron chi connectivity index (χ0n) is 16.6. The van der Waals surface area contributed by atoms with Crippen molar-refractivity contribution >= 4 is 45.8 Å². The van der Waals surface area contributed by atoms with Gasteiger partial charge in [0.25, 0.3) is 0 Å². The fourth-order valence-electron chi connectivity index (χ4n) is 2.98. The highest BCUT2D eigenvalue weighted by molar-refractivity contribution is 7.13. The van der Waals surface area contributed by atoms with Crippen LogP contribution in [0.4, 0.5) is 15.6 Å². The summed E-state index contributed by atoms with van der Waals surface area (Å²) in [5.41, 5.74) is 1.65. The number of carbonyl (C=O) groups is 2. The maximum absolute atomic E-state index is 12.6. The van der Waals surface area contributed by atoms with Crippen LogP contribution in [0.1, 0.15) is 19.5 Å².